The topological polar surface area (TPSA) is 95.7 Å². The number of nitrogens with zero attached hydrogens (tertiary/aromatic N) is 2. The van der Waals surface area contributed by atoms with Crippen molar-refractivity contribution in [3.05, 3.63) is 47.8 Å². The number of methoxy groups -OCH3 is 3. The molecule has 1 heterocycles. The molecule has 9 heteroatoms. The van der Waals surface area contributed by atoms with Gasteiger partial charge >= 0.3 is 6.01 Å². The first-order valence-electron chi connectivity index (χ1n) is 7.76. The molecule has 2 aromatic carbocycles. The van der Waals surface area contributed by atoms with Gasteiger partial charge in [0.15, 0.2) is 11.5 Å². The molecule has 1 aromatic heterocycles. The van der Waals surface area contributed by atoms with Crippen LogP contribution >= 0.6 is 0 Å². The molecule has 1 N–H and O–H groups in total. The minimum absolute atomic E-state index is 0.104. The van der Waals surface area contributed by atoms with Crippen LogP contribution in [0.15, 0.2) is 40.8 Å². The van der Waals surface area contributed by atoms with Crippen LogP contribution in [0.25, 0.3) is 11.5 Å². The van der Waals surface area contributed by atoms with Gasteiger partial charge in [-0.25, -0.2) is 4.39 Å². The fourth-order valence-electron chi connectivity index (χ4n) is 2.36. The fraction of sp³-hybridized carbons (Fsp3) is 0.167. The maximum absolute atomic E-state index is 13.0. The van der Waals surface area contributed by atoms with E-state index in [1.54, 1.807) is 0 Å². The van der Waals surface area contributed by atoms with E-state index in [2.05, 4.69) is 15.5 Å². The Hall–Kier alpha value is -3.62. The Kier molecular flexibility index (Phi) is 5.20. The zero-order chi connectivity index (χ0) is 19.4. The van der Waals surface area contributed by atoms with Crippen molar-refractivity contribution in [2.75, 3.05) is 26.6 Å². The molecule has 0 aliphatic heterocycles. The number of ether oxygens (including phenoxy) is 3. The molecular formula is C18H16FN3O5. The molecule has 0 unspecified atom stereocenters. The number of benzene rings is 2. The molecule has 0 aliphatic carbocycles. The van der Waals surface area contributed by atoms with Crippen molar-refractivity contribution < 1.29 is 27.8 Å². The van der Waals surface area contributed by atoms with Crippen molar-refractivity contribution in [3.63, 3.8) is 0 Å². The molecule has 0 spiro atoms. The summed E-state index contributed by atoms with van der Waals surface area (Å²) in [5, 5.41) is 10.1. The maximum Gasteiger partial charge on any atom is 0.322 e. The quantitative estimate of drug-likeness (QED) is 0.709. The Morgan fingerprint density at radius 3 is 2.19 bits per heavy atom. The number of anilines is 1. The van der Waals surface area contributed by atoms with Crippen LogP contribution in [0.4, 0.5) is 10.4 Å². The number of carbonyl (C=O) groups excluding carboxylic acids is 1. The van der Waals surface area contributed by atoms with Gasteiger partial charge < -0.3 is 18.6 Å². The Morgan fingerprint density at radius 1 is 1.00 bits per heavy atom. The standard InChI is InChI=1S/C18H16FN3O5/c1-24-13-8-11(9-14(25-2)15(13)26-3)16(23)20-18-22-21-17(27-18)10-4-6-12(19)7-5-10/h4-9H,1-3H3,(H,20,22,23). The SMILES string of the molecule is COc1cc(C(=O)Nc2nnc(-c3ccc(F)cc3)o2)cc(OC)c1OC. The van der Waals surface area contributed by atoms with Crippen molar-refractivity contribution in [1.82, 2.24) is 10.2 Å². The van der Waals surface area contributed by atoms with Gasteiger partial charge in [-0.3, -0.25) is 10.1 Å². The Morgan fingerprint density at radius 2 is 1.63 bits per heavy atom. The molecule has 0 bridgehead atoms. The van der Waals surface area contributed by atoms with Crippen molar-refractivity contribution in [2.45, 2.75) is 0 Å². The number of aromatic nitrogens is 2. The first kappa shape index (κ1) is 18.2. The molecule has 8 nitrogen and oxygen atoms in total. The van der Waals surface area contributed by atoms with Crippen LogP contribution in [0.1, 0.15) is 10.4 Å². The summed E-state index contributed by atoms with van der Waals surface area (Å²) in [6.07, 6.45) is 0. The molecule has 27 heavy (non-hydrogen) atoms. The van der Waals surface area contributed by atoms with Gasteiger partial charge in [0.25, 0.3) is 5.91 Å². The summed E-state index contributed by atoms with van der Waals surface area (Å²) < 4.78 is 34.1. The van der Waals surface area contributed by atoms with Gasteiger partial charge in [-0.1, -0.05) is 5.10 Å². The van der Waals surface area contributed by atoms with Gasteiger partial charge in [0.05, 0.1) is 21.3 Å². The number of amides is 1. The highest BCUT2D eigenvalue weighted by atomic mass is 19.1. The minimum Gasteiger partial charge on any atom is -0.493 e. The van der Waals surface area contributed by atoms with E-state index >= 15 is 0 Å². The third-order valence-corrected chi connectivity index (χ3v) is 3.66. The Bertz CT molecular complexity index is 931. The first-order valence-corrected chi connectivity index (χ1v) is 7.76. The molecule has 0 saturated heterocycles. The lowest BCUT2D eigenvalue weighted by Gasteiger charge is -2.13. The molecule has 3 aromatic rings. The summed E-state index contributed by atoms with van der Waals surface area (Å²) in [6, 6.07) is 8.41. The highest BCUT2D eigenvalue weighted by Gasteiger charge is 2.19. The fourth-order valence-corrected chi connectivity index (χ4v) is 2.36. The molecule has 0 saturated carbocycles. The second kappa shape index (κ2) is 7.73. The molecule has 140 valence electrons. The van der Waals surface area contributed by atoms with E-state index in [0.29, 0.717) is 22.8 Å². The molecule has 3 rings (SSSR count). The van der Waals surface area contributed by atoms with E-state index in [1.807, 2.05) is 0 Å². The van der Waals surface area contributed by atoms with Crippen LogP contribution in [0, 0.1) is 5.82 Å². The maximum atomic E-state index is 13.0. The van der Waals surface area contributed by atoms with Crippen LogP contribution in [0.2, 0.25) is 0 Å². The molecule has 1 amide bonds. The number of carbonyl (C=O) groups is 1. The number of nitrogens with one attached hydrogen (secondary N) is 1. The largest absolute Gasteiger partial charge is 0.493 e. The summed E-state index contributed by atoms with van der Waals surface area (Å²) in [5.74, 6) is 0.292. The summed E-state index contributed by atoms with van der Waals surface area (Å²) >= 11 is 0. The monoisotopic (exact) mass is 373 g/mol. The minimum atomic E-state index is -0.511. The van der Waals surface area contributed by atoms with Crippen molar-refractivity contribution >= 4 is 11.9 Å². The van der Waals surface area contributed by atoms with Crippen molar-refractivity contribution in [2.24, 2.45) is 0 Å². The first-order chi connectivity index (χ1) is 13.0. The number of rotatable bonds is 6. The van der Waals surface area contributed by atoms with Gasteiger partial charge in [0.1, 0.15) is 5.82 Å². The predicted octanol–water partition coefficient (Wildman–Crippen LogP) is 3.15. The van der Waals surface area contributed by atoms with Crippen molar-refractivity contribution in [3.8, 4) is 28.7 Å². The van der Waals surface area contributed by atoms with Crippen LogP contribution in [0.3, 0.4) is 0 Å². The van der Waals surface area contributed by atoms with E-state index in [4.69, 9.17) is 18.6 Å². The average molecular weight is 373 g/mol. The molecule has 0 radical (unpaired) electrons. The lowest BCUT2D eigenvalue weighted by atomic mass is 10.1. The van der Waals surface area contributed by atoms with Gasteiger partial charge in [0.2, 0.25) is 11.6 Å². The van der Waals surface area contributed by atoms with Crippen LogP contribution in [-0.4, -0.2) is 37.4 Å². The highest BCUT2D eigenvalue weighted by molar-refractivity contribution is 6.04. The van der Waals surface area contributed by atoms with E-state index < -0.39 is 5.91 Å². The molecular weight excluding hydrogens is 357 g/mol. The van der Waals surface area contributed by atoms with E-state index in [1.165, 1.54) is 57.7 Å². The van der Waals surface area contributed by atoms with Gasteiger partial charge in [0, 0.05) is 11.1 Å². The van der Waals surface area contributed by atoms with Gasteiger partial charge in [-0.2, -0.15) is 0 Å². The highest BCUT2D eigenvalue weighted by Crippen LogP contribution is 2.38. The normalized spacial score (nSPS) is 10.4. The van der Waals surface area contributed by atoms with Crippen LogP contribution < -0.4 is 19.5 Å². The molecule has 0 atom stereocenters. The lowest BCUT2D eigenvalue weighted by Crippen LogP contribution is -2.13. The third-order valence-electron chi connectivity index (χ3n) is 3.66. The molecule has 0 aliphatic rings. The summed E-state index contributed by atoms with van der Waals surface area (Å²) in [5.41, 5.74) is 0.767. The predicted molar refractivity (Wildman–Crippen MR) is 93.7 cm³/mol. The average Bonchev–Trinajstić information content (AvgIpc) is 3.15. The van der Waals surface area contributed by atoms with Gasteiger partial charge in [-0.15, -0.1) is 5.10 Å². The second-order valence-electron chi connectivity index (χ2n) is 5.29. The zero-order valence-corrected chi connectivity index (χ0v) is 14.8. The molecule has 0 fully saturated rings. The zero-order valence-electron chi connectivity index (χ0n) is 14.8. The number of hydrogen-bond donors (Lipinski definition) is 1. The van der Waals surface area contributed by atoms with Crippen LogP contribution in [0.5, 0.6) is 17.2 Å². The van der Waals surface area contributed by atoms with E-state index in [9.17, 15) is 9.18 Å². The lowest BCUT2D eigenvalue weighted by molar-refractivity contribution is 0.102. The number of halogens is 1. The van der Waals surface area contributed by atoms with Crippen LogP contribution in [-0.2, 0) is 0 Å². The van der Waals surface area contributed by atoms with E-state index in [-0.39, 0.29) is 23.3 Å². The Labute approximate surface area is 153 Å². The Balaban J connectivity index is 1.82. The third kappa shape index (κ3) is 3.81. The van der Waals surface area contributed by atoms with Crippen molar-refractivity contribution in [1.29, 1.82) is 0 Å². The smallest absolute Gasteiger partial charge is 0.322 e. The number of hydrogen-bond acceptors (Lipinski definition) is 7. The van der Waals surface area contributed by atoms with E-state index in [0.717, 1.165) is 0 Å². The summed E-state index contributed by atoms with van der Waals surface area (Å²) in [7, 11) is 4.37. The second-order valence-corrected chi connectivity index (χ2v) is 5.29. The summed E-state index contributed by atoms with van der Waals surface area (Å²) in [6.45, 7) is 0. The van der Waals surface area contributed by atoms with Gasteiger partial charge in [-0.05, 0) is 36.4 Å². The summed E-state index contributed by atoms with van der Waals surface area (Å²) in [4.78, 5) is 12.5.